The fourth-order valence-corrected chi connectivity index (χ4v) is 2.15. The van der Waals surface area contributed by atoms with Gasteiger partial charge in [0.1, 0.15) is 0 Å². The van der Waals surface area contributed by atoms with Crippen molar-refractivity contribution in [2.24, 2.45) is 0 Å². The van der Waals surface area contributed by atoms with Gasteiger partial charge in [-0.15, -0.1) is 6.58 Å². The van der Waals surface area contributed by atoms with Gasteiger partial charge in [0.05, 0.1) is 0 Å². The highest BCUT2D eigenvalue weighted by atomic mass is 16.1. The van der Waals surface area contributed by atoms with Crippen molar-refractivity contribution in [2.45, 2.75) is 40.0 Å². The van der Waals surface area contributed by atoms with Crippen molar-refractivity contribution in [3.05, 3.63) is 53.6 Å². The van der Waals surface area contributed by atoms with Crippen molar-refractivity contribution in [2.75, 3.05) is 0 Å². The Bertz CT molecular complexity index is 466. The summed E-state index contributed by atoms with van der Waals surface area (Å²) < 4.78 is 0. The molecule has 0 unspecified atom stereocenters. The third kappa shape index (κ3) is 3.43. The largest absolute Gasteiger partial charge is 0.294 e. The number of Topliss-reactive ketones (excluding diaryl/α,β-unsaturated/α-hetero) is 1. The molecule has 1 aromatic rings. The van der Waals surface area contributed by atoms with Gasteiger partial charge in [-0.05, 0) is 43.4 Å². The fourth-order valence-electron chi connectivity index (χ4n) is 2.15. The number of ketones is 1. The highest BCUT2D eigenvalue weighted by Crippen LogP contribution is 2.27. The Morgan fingerprint density at radius 2 is 2.11 bits per heavy atom. The summed E-state index contributed by atoms with van der Waals surface area (Å²) in [4.78, 5) is 11.7. The zero-order valence-corrected chi connectivity index (χ0v) is 11.6. The third-order valence-electron chi connectivity index (χ3n) is 3.02. The topological polar surface area (TPSA) is 17.1 Å². The zero-order chi connectivity index (χ0) is 13.5. The van der Waals surface area contributed by atoms with Gasteiger partial charge in [0.2, 0.25) is 0 Å². The van der Waals surface area contributed by atoms with E-state index >= 15 is 0 Å². The summed E-state index contributed by atoms with van der Waals surface area (Å²) in [5, 5.41) is 0. The Hall–Kier alpha value is -1.63. The van der Waals surface area contributed by atoms with E-state index in [0.717, 1.165) is 36.0 Å². The van der Waals surface area contributed by atoms with Gasteiger partial charge in [0.15, 0.2) is 5.78 Å². The highest BCUT2D eigenvalue weighted by molar-refractivity contribution is 5.99. The van der Waals surface area contributed by atoms with Crippen LogP contribution in [0.4, 0.5) is 0 Å². The van der Waals surface area contributed by atoms with Crippen LogP contribution < -0.4 is 0 Å². The summed E-state index contributed by atoms with van der Waals surface area (Å²) in [6.45, 7) is 9.66. The molecular formula is C17H22O. The van der Waals surface area contributed by atoms with E-state index in [9.17, 15) is 4.79 Å². The Kier molecular flexibility index (Phi) is 5.57. The van der Waals surface area contributed by atoms with Crippen LogP contribution in [0.5, 0.6) is 0 Å². The molecule has 0 saturated carbocycles. The number of aryl methyl sites for hydroxylation is 1. The zero-order valence-electron chi connectivity index (χ0n) is 11.6. The van der Waals surface area contributed by atoms with Crippen molar-refractivity contribution in [3.63, 3.8) is 0 Å². The first-order valence-electron chi connectivity index (χ1n) is 6.52. The smallest absolute Gasteiger partial charge is 0.160 e. The van der Waals surface area contributed by atoms with Gasteiger partial charge in [-0.2, -0.15) is 0 Å². The Morgan fingerprint density at radius 1 is 1.39 bits per heavy atom. The maximum atomic E-state index is 11.7. The van der Waals surface area contributed by atoms with Crippen LogP contribution in [0.3, 0.4) is 0 Å². The Morgan fingerprint density at radius 3 is 2.67 bits per heavy atom. The van der Waals surface area contributed by atoms with Crippen molar-refractivity contribution >= 4 is 11.4 Å². The summed E-state index contributed by atoms with van der Waals surface area (Å²) in [5.41, 5.74) is 4.29. The van der Waals surface area contributed by atoms with Gasteiger partial charge < -0.3 is 0 Å². The molecule has 0 aliphatic carbocycles. The maximum absolute atomic E-state index is 11.7. The van der Waals surface area contributed by atoms with Crippen molar-refractivity contribution in [1.29, 1.82) is 0 Å². The lowest BCUT2D eigenvalue weighted by Crippen LogP contribution is -2.01. The van der Waals surface area contributed by atoms with Crippen LogP contribution in [0, 0.1) is 6.92 Å². The number of allylic oxidation sites excluding steroid dienone is 3. The number of unbranched alkanes of at least 4 members (excludes halogenated alkanes) is 1. The number of hydrogen-bond donors (Lipinski definition) is 0. The summed E-state index contributed by atoms with van der Waals surface area (Å²) in [5.74, 6) is 0.125. The van der Waals surface area contributed by atoms with Gasteiger partial charge in [-0.3, -0.25) is 4.79 Å². The van der Waals surface area contributed by atoms with E-state index in [1.54, 1.807) is 6.92 Å². The second-order valence-electron chi connectivity index (χ2n) is 4.56. The average Bonchev–Trinajstić information content (AvgIpc) is 2.34. The molecule has 0 radical (unpaired) electrons. The van der Waals surface area contributed by atoms with Crippen LogP contribution in [0.1, 0.15) is 54.6 Å². The number of carbonyl (C=O) groups excluding carboxylic acids is 1. The minimum absolute atomic E-state index is 0.125. The van der Waals surface area contributed by atoms with Gasteiger partial charge in [-0.1, -0.05) is 43.7 Å². The Labute approximate surface area is 110 Å². The van der Waals surface area contributed by atoms with Gasteiger partial charge in [-0.25, -0.2) is 0 Å². The summed E-state index contributed by atoms with van der Waals surface area (Å²) in [6.07, 6.45) is 7.09. The number of hydrogen-bond acceptors (Lipinski definition) is 1. The van der Waals surface area contributed by atoms with E-state index in [4.69, 9.17) is 0 Å². The lowest BCUT2D eigenvalue weighted by atomic mass is 9.90. The van der Waals surface area contributed by atoms with Crippen LogP contribution in [0.15, 0.2) is 36.9 Å². The van der Waals surface area contributed by atoms with Crippen LogP contribution in [0.2, 0.25) is 0 Å². The van der Waals surface area contributed by atoms with Crippen molar-refractivity contribution < 1.29 is 4.79 Å². The van der Waals surface area contributed by atoms with E-state index in [2.05, 4.69) is 32.6 Å². The molecule has 0 amide bonds. The molecule has 0 aromatic heterocycles. The molecule has 1 aromatic carbocycles. The monoisotopic (exact) mass is 242 g/mol. The first-order valence-corrected chi connectivity index (χ1v) is 6.52. The predicted molar refractivity (Wildman–Crippen MR) is 78.9 cm³/mol. The van der Waals surface area contributed by atoms with Crippen LogP contribution in [-0.2, 0) is 0 Å². The maximum Gasteiger partial charge on any atom is 0.160 e. The van der Waals surface area contributed by atoms with E-state index in [-0.39, 0.29) is 5.78 Å². The van der Waals surface area contributed by atoms with Crippen LogP contribution in [0.25, 0.3) is 5.57 Å². The molecule has 0 bridgehead atoms. The molecule has 1 rings (SSSR count). The van der Waals surface area contributed by atoms with Gasteiger partial charge >= 0.3 is 0 Å². The molecule has 0 saturated heterocycles. The summed E-state index contributed by atoms with van der Waals surface area (Å²) in [7, 11) is 0. The molecule has 0 spiro atoms. The normalized spacial score (nSPS) is 11.4. The molecular weight excluding hydrogens is 220 g/mol. The second kappa shape index (κ2) is 6.95. The molecule has 0 N–H and O–H groups in total. The van der Waals surface area contributed by atoms with Crippen LogP contribution in [-0.4, -0.2) is 5.78 Å². The fraction of sp³-hybridized carbons (Fsp3) is 0.353. The van der Waals surface area contributed by atoms with Crippen LogP contribution >= 0.6 is 0 Å². The molecule has 0 aliphatic heterocycles. The first-order chi connectivity index (χ1) is 8.61. The molecule has 0 atom stereocenters. The number of carbonyl (C=O) groups is 1. The van der Waals surface area contributed by atoms with E-state index in [0.29, 0.717) is 0 Å². The summed E-state index contributed by atoms with van der Waals surface area (Å²) >= 11 is 0. The van der Waals surface area contributed by atoms with E-state index in [1.807, 2.05) is 18.2 Å². The van der Waals surface area contributed by atoms with Crippen molar-refractivity contribution in [1.82, 2.24) is 0 Å². The lowest BCUT2D eigenvalue weighted by molar-refractivity contribution is 0.101. The number of rotatable bonds is 6. The second-order valence-corrected chi connectivity index (χ2v) is 4.56. The molecule has 1 heteroatoms. The predicted octanol–water partition coefficient (Wildman–Crippen LogP) is 4.96. The van der Waals surface area contributed by atoms with E-state index < -0.39 is 0 Å². The quantitative estimate of drug-likeness (QED) is 0.509. The van der Waals surface area contributed by atoms with Gasteiger partial charge in [0.25, 0.3) is 0 Å². The summed E-state index contributed by atoms with van der Waals surface area (Å²) in [6, 6.07) is 5.92. The lowest BCUT2D eigenvalue weighted by Gasteiger charge is -2.13. The highest BCUT2D eigenvalue weighted by Gasteiger charge is 2.12. The van der Waals surface area contributed by atoms with E-state index in [1.165, 1.54) is 5.57 Å². The molecule has 0 fully saturated rings. The molecule has 96 valence electrons. The third-order valence-corrected chi connectivity index (χ3v) is 3.02. The minimum atomic E-state index is 0.125. The Balaban J connectivity index is 3.34. The average molecular weight is 242 g/mol. The molecule has 0 aliphatic rings. The minimum Gasteiger partial charge on any atom is -0.294 e. The van der Waals surface area contributed by atoms with Crippen molar-refractivity contribution in [3.8, 4) is 0 Å². The molecule has 18 heavy (non-hydrogen) atoms. The standard InChI is InChI=1S/C17H22O/c1-5-7-11-15(9-6-2)17-13(3)10-8-12-16(17)14(4)18/h6,8,10-12H,2,5,7,9H2,1,3-4H3/b15-11-. The molecule has 1 nitrogen and oxygen atoms in total. The SMILES string of the molecule is C=CC/C(=C/CCC)c1c(C)cccc1C(C)=O. The number of benzene rings is 1. The first kappa shape index (κ1) is 14.4. The molecule has 0 heterocycles. The van der Waals surface area contributed by atoms with Gasteiger partial charge in [0, 0.05) is 5.56 Å².